The molecule has 106 valence electrons. The summed E-state index contributed by atoms with van der Waals surface area (Å²) in [5, 5.41) is 11.9. The fraction of sp³-hybridized carbons (Fsp3) is 0.583. The van der Waals surface area contributed by atoms with E-state index in [4.69, 9.17) is 0 Å². The molecule has 0 aliphatic heterocycles. The Bertz CT molecular complexity index is 433. The van der Waals surface area contributed by atoms with Crippen molar-refractivity contribution >= 4 is 34.1 Å². The van der Waals surface area contributed by atoms with Crippen molar-refractivity contribution in [1.82, 2.24) is 15.1 Å². The third-order valence-electron chi connectivity index (χ3n) is 2.25. The summed E-state index contributed by atoms with van der Waals surface area (Å²) in [5.74, 6) is 0.498. The summed E-state index contributed by atoms with van der Waals surface area (Å²) < 4.78 is 0.815. The number of nitrogens with one attached hydrogen (secondary N) is 1. The number of rotatable bonds is 8. The van der Waals surface area contributed by atoms with E-state index in [1.54, 1.807) is 4.90 Å². The first-order chi connectivity index (χ1) is 9.06. The Morgan fingerprint density at radius 1 is 1.47 bits per heavy atom. The van der Waals surface area contributed by atoms with Gasteiger partial charge in [0.25, 0.3) is 0 Å². The number of amides is 1. The molecule has 7 heteroatoms. The molecule has 0 saturated heterocycles. The highest BCUT2D eigenvalue weighted by Crippen LogP contribution is 2.25. The summed E-state index contributed by atoms with van der Waals surface area (Å²) in [7, 11) is 0. The summed E-state index contributed by atoms with van der Waals surface area (Å²) >= 11 is 2.90. The van der Waals surface area contributed by atoms with Crippen LogP contribution in [-0.4, -0.2) is 46.4 Å². The van der Waals surface area contributed by atoms with Gasteiger partial charge in [0.15, 0.2) is 4.34 Å². The molecule has 1 amide bonds. The van der Waals surface area contributed by atoms with Crippen molar-refractivity contribution in [2.24, 2.45) is 0 Å². The molecule has 1 aromatic rings. The fourth-order valence-electron chi connectivity index (χ4n) is 1.41. The topological polar surface area (TPSA) is 58.1 Å². The van der Waals surface area contributed by atoms with Gasteiger partial charge in [0.05, 0.1) is 5.75 Å². The van der Waals surface area contributed by atoms with E-state index >= 15 is 0 Å². The van der Waals surface area contributed by atoms with Crippen LogP contribution in [0.2, 0.25) is 0 Å². The second kappa shape index (κ2) is 8.16. The molecule has 1 rings (SSSR count). The van der Waals surface area contributed by atoms with Crippen molar-refractivity contribution in [2.75, 3.05) is 30.7 Å². The van der Waals surface area contributed by atoms with Crippen LogP contribution in [0.4, 0.5) is 5.13 Å². The second-order valence-corrected chi connectivity index (χ2v) is 6.26. The van der Waals surface area contributed by atoms with Gasteiger partial charge in [-0.25, -0.2) is 0 Å². The highest BCUT2D eigenvalue weighted by molar-refractivity contribution is 8.01. The van der Waals surface area contributed by atoms with E-state index in [1.165, 1.54) is 23.1 Å². The average Bonchev–Trinajstić information content (AvgIpc) is 2.81. The molecular weight excluding hydrogens is 280 g/mol. The van der Waals surface area contributed by atoms with Crippen molar-refractivity contribution in [3.8, 4) is 0 Å². The Kier molecular flexibility index (Phi) is 6.86. The number of carbonyl (C=O) groups is 1. The van der Waals surface area contributed by atoms with Gasteiger partial charge in [0, 0.05) is 19.6 Å². The van der Waals surface area contributed by atoms with E-state index in [0.717, 1.165) is 21.6 Å². The van der Waals surface area contributed by atoms with Crippen molar-refractivity contribution in [1.29, 1.82) is 0 Å². The Morgan fingerprint density at radius 2 is 2.21 bits per heavy atom. The summed E-state index contributed by atoms with van der Waals surface area (Å²) in [6, 6.07) is 0. The molecule has 5 nitrogen and oxygen atoms in total. The molecule has 0 atom stereocenters. The van der Waals surface area contributed by atoms with E-state index in [-0.39, 0.29) is 5.91 Å². The summed E-state index contributed by atoms with van der Waals surface area (Å²) in [6.07, 6.45) is 0. The van der Waals surface area contributed by atoms with Crippen LogP contribution in [-0.2, 0) is 4.79 Å². The maximum atomic E-state index is 12.0. The predicted molar refractivity (Wildman–Crippen MR) is 81.9 cm³/mol. The molecule has 1 heterocycles. The molecule has 1 aromatic heterocycles. The lowest BCUT2D eigenvalue weighted by atomic mass is 10.3. The highest BCUT2D eigenvalue weighted by atomic mass is 32.2. The van der Waals surface area contributed by atoms with Gasteiger partial charge in [-0.05, 0) is 20.8 Å². The molecule has 0 spiro atoms. The van der Waals surface area contributed by atoms with Crippen molar-refractivity contribution in [2.45, 2.75) is 25.1 Å². The summed E-state index contributed by atoms with van der Waals surface area (Å²) in [6.45, 7) is 11.9. The third kappa shape index (κ3) is 5.61. The molecular formula is C12H20N4OS2. The van der Waals surface area contributed by atoms with Crippen LogP contribution in [0.3, 0.4) is 0 Å². The van der Waals surface area contributed by atoms with Gasteiger partial charge in [-0.1, -0.05) is 35.3 Å². The zero-order chi connectivity index (χ0) is 14.3. The van der Waals surface area contributed by atoms with Crippen molar-refractivity contribution < 1.29 is 4.79 Å². The molecule has 0 aliphatic carbocycles. The molecule has 0 aliphatic rings. The predicted octanol–water partition coefficient (Wildman–Crippen LogP) is 2.49. The average molecular weight is 300 g/mol. The first-order valence-corrected chi connectivity index (χ1v) is 7.99. The van der Waals surface area contributed by atoms with Gasteiger partial charge < -0.3 is 10.2 Å². The van der Waals surface area contributed by atoms with Crippen LogP contribution < -0.4 is 5.32 Å². The minimum Gasteiger partial charge on any atom is -0.360 e. The quantitative estimate of drug-likeness (QED) is 0.590. The number of aromatic nitrogens is 2. The Balaban J connectivity index is 2.45. The van der Waals surface area contributed by atoms with Crippen LogP contribution in [0, 0.1) is 0 Å². The highest BCUT2D eigenvalue weighted by Gasteiger charge is 2.13. The van der Waals surface area contributed by atoms with E-state index < -0.39 is 0 Å². The maximum Gasteiger partial charge on any atom is 0.233 e. The van der Waals surface area contributed by atoms with Crippen LogP contribution in [0.5, 0.6) is 0 Å². The molecule has 0 fully saturated rings. The van der Waals surface area contributed by atoms with Gasteiger partial charge in [0.2, 0.25) is 11.0 Å². The lowest BCUT2D eigenvalue weighted by Crippen LogP contribution is -2.33. The minimum absolute atomic E-state index is 0.107. The number of hydrogen-bond acceptors (Lipinski definition) is 6. The molecule has 0 saturated carbocycles. The van der Waals surface area contributed by atoms with Gasteiger partial charge in [-0.2, -0.15) is 0 Å². The molecule has 0 aromatic carbocycles. The zero-order valence-electron chi connectivity index (χ0n) is 11.6. The minimum atomic E-state index is 0.107. The smallest absolute Gasteiger partial charge is 0.233 e. The summed E-state index contributed by atoms with van der Waals surface area (Å²) in [5.41, 5.74) is 0.991. The number of likely N-dealkylation sites (N-methyl/N-ethyl adjacent to an activating group) is 1. The Labute approximate surface area is 122 Å². The van der Waals surface area contributed by atoms with E-state index in [0.29, 0.717) is 18.8 Å². The van der Waals surface area contributed by atoms with Gasteiger partial charge in [0.1, 0.15) is 0 Å². The molecule has 1 N–H and O–H groups in total. The monoisotopic (exact) mass is 300 g/mol. The third-order valence-corrected chi connectivity index (χ3v) is 4.25. The maximum absolute atomic E-state index is 12.0. The Hall–Kier alpha value is -1.08. The van der Waals surface area contributed by atoms with Gasteiger partial charge in [-0.15, -0.1) is 10.2 Å². The number of hydrogen-bond donors (Lipinski definition) is 1. The Morgan fingerprint density at radius 3 is 2.79 bits per heavy atom. The second-order valence-electron chi connectivity index (χ2n) is 4.06. The van der Waals surface area contributed by atoms with Crippen LogP contribution in [0.25, 0.3) is 0 Å². The first-order valence-electron chi connectivity index (χ1n) is 6.19. The van der Waals surface area contributed by atoms with Crippen LogP contribution in [0.1, 0.15) is 20.8 Å². The van der Waals surface area contributed by atoms with E-state index in [9.17, 15) is 4.79 Å². The fourth-order valence-corrected chi connectivity index (χ4v) is 3.13. The number of nitrogens with zero attached hydrogens (tertiary/aromatic N) is 3. The lowest BCUT2D eigenvalue weighted by Gasteiger charge is -2.20. The lowest BCUT2D eigenvalue weighted by molar-refractivity contribution is -0.127. The first kappa shape index (κ1) is 16.0. The largest absolute Gasteiger partial charge is 0.360 e. The molecule has 19 heavy (non-hydrogen) atoms. The normalized spacial score (nSPS) is 10.3. The van der Waals surface area contributed by atoms with Gasteiger partial charge in [-0.3, -0.25) is 4.79 Å². The van der Waals surface area contributed by atoms with Crippen LogP contribution in [0.15, 0.2) is 16.5 Å². The van der Waals surface area contributed by atoms with Gasteiger partial charge >= 0.3 is 0 Å². The molecule has 0 radical (unpaired) electrons. The zero-order valence-corrected chi connectivity index (χ0v) is 13.2. The summed E-state index contributed by atoms with van der Waals surface area (Å²) in [4.78, 5) is 13.8. The van der Waals surface area contributed by atoms with Crippen molar-refractivity contribution in [3.05, 3.63) is 12.2 Å². The SMILES string of the molecule is C=C(C)CN(CC)C(=O)CSc1nnc(NCC)s1. The number of thioether (sulfide) groups is 1. The van der Waals surface area contributed by atoms with E-state index in [1.807, 2.05) is 20.8 Å². The van der Waals surface area contributed by atoms with Crippen LogP contribution >= 0.6 is 23.1 Å². The standard InChI is InChI=1S/C12H20N4OS2/c1-5-13-11-14-15-12(19-11)18-8-10(17)16(6-2)7-9(3)4/h3,5-8H2,1-2,4H3,(H,13,14). The van der Waals surface area contributed by atoms with E-state index in [2.05, 4.69) is 22.1 Å². The number of carbonyl (C=O) groups excluding carboxylic acids is 1. The van der Waals surface area contributed by atoms with Crippen molar-refractivity contribution in [3.63, 3.8) is 0 Å². The molecule has 0 unspecified atom stereocenters. The number of anilines is 1. The molecule has 0 bridgehead atoms.